The lowest BCUT2D eigenvalue weighted by Gasteiger charge is -2.30. The molecule has 0 unspecified atom stereocenters. The minimum atomic E-state index is -0.583. The van der Waals surface area contributed by atoms with Crippen LogP contribution >= 0.6 is 0 Å². The summed E-state index contributed by atoms with van der Waals surface area (Å²) in [5.41, 5.74) is 6.39. The smallest absolute Gasteiger partial charge is 0.330 e. The third kappa shape index (κ3) is 4.78. The van der Waals surface area contributed by atoms with Gasteiger partial charge in [0.25, 0.3) is 5.56 Å². The second-order valence-corrected chi connectivity index (χ2v) is 7.69. The van der Waals surface area contributed by atoms with Gasteiger partial charge in [-0.15, -0.1) is 0 Å². The van der Waals surface area contributed by atoms with Crippen LogP contribution in [-0.4, -0.2) is 21.5 Å². The van der Waals surface area contributed by atoms with Gasteiger partial charge in [0.15, 0.2) is 5.69 Å². The number of rotatable bonds is 8. The largest absolute Gasteiger partial charge is 0.383 e. The highest BCUT2D eigenvalue weighted by molar-refractivity contribution is 5.96. The van der Waals surface area contributed by atoms with Gasteiger partial charge in [0, 0.05) is 19.0 Å². The molecule has 3 rings (SSSR count). The molecule has 0 radical (unpaired) electrons. The van der Waals surface area contributed by atoms with Crippen molar-refractivity contribution in [3.05, 3.63) is 56.7 Å². The summed E-state index contributed by atoms with van der Waals surface area (Å²) in [5, 5.41) is 0. The molecule has 1 saturated carbocycles. The zero-order valence-electron chi connectivity index (χ0n) is 17.0. The van der Waals surface area contributed by atoms with E-state index in [9.17, 15) is 14.4 Å². The Hall–Kier alpha value is -2.83. The molecule has 1 aromatic heterocycles. The zero-order valence-corrected chi connectivity index (χ0v) is 17.0. The second kappa shape index (κ2) is 9.58. The van der Waals surface area contributed by atoms with E-state index in [1.54, 1.807) is 4.90 Å². The monoisotopic (exact) mass is 398 g/mol. The van der Waals surface area contributed by atoms with Crippen molar-refractivity contribution < 1.29 is 4.79 Å². The molecule has 29 heavy (non-hydrogen) atoms. The number of unbranched alkanes of at least 4 members (excludes halogenated alkanes) is 1. The number of carbonyl (C=O) groups is 1. The van der Waals surface area contributed by atoms with Gasteiger partial charge in [-0.1, -0.05) is 56.5 Å². The first-order chi connectivity index (χ1) is 14.0. The number of aryl methyl sites for hydroxylation is 1. The van der Waals surface area contributed by atoms with Crippen LogP contribution < -0.4 is 21.9 Å². The number of anilines is 2. The number of H-pyrrole nitrogens is 1. The molecule has 0 atom stereocenters. The second-order valence-electron chi connectivity index (χ2n) is 7.69. The minimum absolute atomic E-state index is 0.0567. The van der Waals surface area contributed by atoms with Gasteiger partial charge in [0.2, 0.25) is 5.91 Å². The molecule has 1 aromatic carbocycles. The summed E-state index contributed by atoms with van der Waals surface area (Å²) >= 11 is 0. The Bertz CT molecular complexity index is 943. The molecule has 0 spiro atoms. The number of amides is 1. The molecule has 7 heteroatoms. The topological polar surface area (TPSA) is 101 Å². The van der Waals surface area contributed by atoms with Crippen molar-refractivity contribution >= 4 is 17.4 Å². The van der Waals surface area contributed by atoms with Crippen molar-refractivity contribution in [2.24, 2.45) is 0 Å². The number of nitrogens with two attached hydrogens (primary N) is 1. The van der Waals surface area contributed by atoms with Crippen LogP contribution in [0.25, 0.3) is 0 Å². The number of nitrogens with zero attached hydrogens (tertiary/aromatic N) is 2. The standard InChI is InChI=1S/C22H30N4O3/c1-2-3-15-25-20(23)19(21(28)24-22(25)29)26(17-11-7-8-12-17)18(27)14-13-16-9-5-4-6-10-16/h4-6,9-10,17H,2-3,7-8,11-15,23H2,1H3,(H,24,28,29). The highest BCUT2D eigenvalue weighted by Crippen LogP contribution is 2.30. The van der Waals surface area contributed by atoms with Crippen molar-refractivity contribution in [3.8, 4) is 0 Å². The number of carbonyl (C=O) groups excluding carboxylic acids is 1. The number of aromatic nitrogens is 2. The Labute approximate surface area is 170 Å². The molecule has 156 valence electrons. The van der Waals surface area contributed by atoms with Crippen molar-refractivity contribution in [2.75, 3.05) is 10.6 Å². The van der Waals surface area contributed by atoms with Crippen LogP contribution in [0.5, 0.6) is 0 Å². The molecule has 1 heterocycles. The number of benzene rings is 1. The Morgan fingerprint density at radius 2 is 1.90 bits per heavy atom. The Morgan fingerprint density at radius 3 is 2.55 bits per heavy atom. The Balaban J connectivity index is 1.95. The first-order valence-corrected chi connectivity index (χ1v) is 10.5. The molecule has 1 amide bonds. The van der Waals surface area contributed by atoms with Gasteiger partial charge in [-0.3, -0.25) is 19.1 Å². The van der Waals surface area contributed by atoms with Crippen molar-refractivity contribution in [1.82, 2.24) is 9.55 Å². The normalized spacial score (nSPS) is 14.2. The number of nitrogen functional groups attached to an aromatic ring is 1. The van der Waals surface area contributed by atoms with Crippen molar-refractivity contribution in [2.45, 2.75) is 70.9 Å². The highest BCUT2D eigenvalue weighted by Gasteiger charge is 2.32. The summed E-state index contributed by atoms with van der Waals surface area (Å²) < 4.78 is 1.38. The first-order valence-electron chi connectivity index (χ1n) is 10.5. The number of hydrogen-bond acceptors (Lipinski definition) is 4. The molecule has 1 fully saturated rings. The maximum atomic E-state index is 13.2. The first kappa shape index (κ1) is 20.9. The fourth-order valence-corrected chi connectivity index (χ4v) is 4.04. The van der Waals surface area contributed by atoms with E-state index in [2.05, 4.69) is 4.98 Å². The van der Waals surface area contributed by atoms with E-state index in [1.165, 1.54) is 4.57 Å². The third-order valence-corrected chi connectivity index (χ3v) is 5.62. The van der Waals surface area contributed by atoms with Crippen LogP contribution in [0.4, 0.5) is 11.5 Å². The molecule has 1 aliphatic carbocycles. The third-order valence-electron chi connectivity index (χ3n) is 5.62. The lowest BCUT2D eigenvalue weighted by atomic mass is 10.1. The summed E-state index contributed by atoms with van der Waals surface area (Å²) in [6.45, 7) is 2.44. The average molecular weight is 399 g/mol. The van der Waals surface area contributed by atoms with Crippen molar-refractivity contribution in [1.29, 1.82) is 0 Å². The van der Waals surface area contributed by atoms with Gasteiger partial charge >= 0.3 is 5.69 Å². The number of aromatic amines is 1. The lowest BCUT2D eigenvalue weighted by molar-refractivity contribution is -0.119. The number of nitrogens with one attached hydrogen (secondary N) is 1. The summed E-state index contributed by atoms with van der Waals surface area (Å²) in [7, 11) is 0. The SMILES string of the molecule is CCCCn1c(N)c(N(C(=O)CCc2ccccc2)C2CCCC2)c(=O)[nH]c1=O. The molecular formula is C22H30N4O3. The predicted molar refractivity (Wildman–Crippen MR) is 115 cm³/mol. The molecule has 3 N–H and O–H groups in total. The van der Waals surface area contributed by atoms with Crippen LogP contribution in [0.2, 0.25) is 0 Å². The highest BCUT2D eigenvalue weighted by atomic mass is 16.2. The minimum Gasteiger partial charge on any atom is -0.383 e. The molecular weight excluding hydrogens is 368 g/mol. The molecule has 0 aliphatic heterocycles. The summed E-state index contributed by atoms with van der Waals surface area (Å²) in [5.74, 6) is -0.0363. The Morgan fingerprint density at radius 1 is 1.21 bits per heavy atom. The van der Waals surface area contributed by atoms with E-state index < -0.39 is 11.2 Å². The predicted octanol–water partition coefficient (Wildman–Crippen LogP) is 2.83. The van der Waals surface area contributed by atoms with Crippen LogP contribution in [0.15, 0.2) is 39.9 Å². The fourth-order valence-electron chi connectivity index (χ4n) is 4.04. The molecule has 2 aromatic rings. The van der Waals surface area contributed by atoms with Crippen LogP contribution in [0, 0.1) is 0 Å². The van der Waals surface area contributed by atoms with Crippen molar-refractivity contribution in [3.63, 3.8) is 0 Å². The van der Waals surface area contributed by atoms with Gasteiger partial charge in [-0.2, -0.15) is 0 Å². The summed E-state index contributed by atoms with van der Waals surface area (Å²) in [6, 6.07) is 9.75. The molecule has 0 bridgehead atoms. The zero-order chi connectivity index (χ0) is 20.8. The van der Waals surface area contributed by atoms with Gasteiger partial charge < -0.3 is 10.6 Å². The maximum Gasteiger partial charge on any atom is 0.330 e. The van der Waals surface area contributed by atoms with E-state index in [0.717, 1.165) is 44.1 Å². The average Bonchev–Trinajstić information content (AvgIpc) is 3.24. The van der Waals surface area contributed by atoms with Crippen LogP contribution in [0.3, 0.4) is 0 Å². The molecule has 0 saturated heterocycles. The van der Waals surface area contributed by atoms with E-state index >= 15 is 0 Å². The van der Waals surface area contributed by atoms with E-state index in [-0.39, 0.29) is 29.9 Å². The fraction of sp³-hybridized carbons (Fsp3) is 0.500. The van der Waals surface area contributed by atoms with Gasteiger partial charge in [-0.05, 0) is 31.2 Å². The Kier molecular flexibility index (Phi) is 6.90. The van der Waals surface area contributed by atoms with Crippen LogP contribution in [-0.2, 0) is 17.8 Å². The van der Waals surface area contributed by atoms with Gasteiger partial charge in [0.05, 0.1) is 0 Å². The number of hydrogen-bond donors (Lipinski definition) is 2. The van der Waals surface area contributed by atoms with Gasteiger partial charge in [-0.25, -0.2) is 4.79 Å². The molecule has 7 nitrogen and oxygen atoms in total. The van der Waals surface area contributed by atoms with E-state index in [4.69, 9.17) is 5.73 Å². The lowest BCUT2D eigenvalue weighted by Crippen LogP contribution is -2.45. The molecule has 1 aliphatic rings. The van der Waals surface area contributed by atoms with E-state index in [1.807, 2.05) is 37.3 Å². The maximum absolute atomic E-state index is 13.2. The summed E-state index contributed by atoms with van der Waals surface area (Å²) in [6.07, 6.45) is 6.24. The quantitative estimate of drug-likeness (QED) is 0.714. The van der Waals surface area contributed by atoms with Gasteiger partial charge in [0.1, 0.15) is 5.82 Å². The summed E-state index contributed by atoms with van der Waals surface area (Å²) in [4.78, 5) is 42.2. The van der Waals surface area contributed by atoms with Crippen LogP contribution in [0.1, 0.15) is 57.4 Å². The van der Waals surface area contributed by atoms with E-state index in [0.29, 0.717) is 13.0 Å².